The van der Waals surface area contributed by atoms with Crippen LogP contribution < -0.4 is 26.6 Å². The smallest absolute Gasteiger partial charge is 0.303 e. The summed E-state index contributed by atoms with van der Waals surface area (Å²) in [5, 5.41) is 14.4. The Labute approximate surface area is 589 Å². The average molecular weight is 1440 g/mol. The molecule has 3 fully saturated rings. The number of amides is 5. The molecule has 0 saturated carbocycles. The maximum Gasteiger partial charge on any atom is 0.303 e. The van der Waals surface area contributed by atoms with E-state index in [1.165, 1.54) is 34.6 Å². The molecular formula is C68H119N5O27. The van der Waals surface area contributed by atoms with Gasteiger partial charge in [-0.15, -0.1) is 0 Å². The van der Waals surface area contributed by atoms with Crippen LogP contribution in [0.15, 0.2) is 0 Å². The standard InChI is InChI=1S/C68H119N5O27/c1-14-23-83-31-32-84-24-19-61(82)73-68(43-90-27-18-60(81)71-22-30-87-35-38-93-67-62(72-50(9)74)45(4)44(3)55(15-2)98-67,41-88-25-16-58(79)69-20-28-85-33-36-91-65-48(7)46(5)63(96-53(12)77)56(99-65)39-94-51(10)75)42-89-26-17-59(80)70-21-29-86-34-37-92-66-49(8)47(6)64(97-54(13)78)57(100-66)40-95-52(11)76/h44-49,55-57,62-67H,14-43H2,1-13H3,(H,69,79)(H,70,80)(H,71,81)(H,72,74)(H,73,82)/t44-,45+,46-,47-,48-,49-,55-,56-,57-,62-,63-,64-,65-,66-,67-/m1/s1. The Morgan fingerprint density at radius 2 is 0.730 bits per heavy atom. The summed E-state index contributed by atoms with van der Waals surface area (Å²) >= 11 is 0. The molecule has 3 heterocycles. The van der Waals surface area contributed by atoms with E-state index in [0.29, 0.717) is 13.2 Å². The second-order valence-corrected chi connectivity index (χ2v) is 25.4. The SMILES string of the molecule is CCCOCCOCCC(=O)NC(COCCC(=O)NCCOCCO[C@@H]1O[C@H](COC(C)=O)[C@H](OC(C)=O)[C@H](C)[C@H]1C)(COCCC(=O)NCCOCCO[C@@H]1O[C@H](COC(C)=O)[C@H](OC(C)=O)[C@H](C)[C@H]1C)COCCC(=O)NCCOCCO[C@@H]1O[C@H](CC)[C@H](C)[C@H](C)[C@H]1NC(C)=O. The molecule has 3 aliphatic heterocycles. The third-order valence-corrected chi connectivity index (χ3v) is 17.2. The van der Waals surface area contributed by atoms with E-state index in [9.17, 15) is 43.2 Å². The van der Waals surface area contributed by atoms with Gasteiger partial charge in [0.2, 0.25) is 29.5 Å². The van der Waals surface area contributed by atoms with Crippen molar-refractivity contribution in [3.63, 3.8) is 0 Å². The Kier molecular flexibility index (Phi) is 45.3. The van der Waals surface area contributed by atoms with Gasteiger partial charge in [0.1, 0.15) is 43.2 Å². The second kappa shape index (κ2) is 50.9. The van der Waals surface area contributed by atoms with Gasteiger partial charge in [0.05, 0.1) is 131 Å². The van der Waals surface area contributed by atoms with Crippen LogP contribution >= 0.6 is 0 Å². The summed E-state index contributed by atoms with van der Waals surface area (Å²) in [6.45, 7) is 24.6. The van der Waals surface area contributed by atoms with Crippen LogP contribution in [0.1, 0.15) is 129 Å². The number of rotatable bonds is 53. The molecule has 0 unspecified atom stereocenters. The lowest BCUT2D eigenvalue weighted by Gasteiger charge is -2.44. The molecule has 5 amide bonds. The molecule has 0 aromatic carbocycles. The lowest BCUT2D eigenvalue weighted by molar-refractivity contribution is -0.275. The van der Waals surface area contributed by atoms with Crippen molar-refractivity contribution < 1.29 is 128 Å². The zero-order valence-electron chi connectivity index (χ0n) is 61.4. The highest BCUT2D eigenvalue weighted by Crippen LogP contribution is 2.36. The predicted octanol–water partition coefficient (Wildman–Crippen LogP) is 2.24. The van der Waals surface area contributed by atoms with Gasteiger partial charge in [0.25, 0.3) is 0 Å². The van der Waals surface area contributed by atoms with E-state index in [-0.39, 0.29) is 242 Å². The Balaban J connectivity index is 1.58. The highest BCUT2D eigenvalue weighted by atomic mass is 16.7. The summed E-state index contributed by atoms with van der Waals surface area (Å²) in [4.78, 5) is 112. The van der Waals surface area contributed by atoms with Crippen LogP contribution in [0.25, 0.3) is 0 Å². The van der Waals surface area contributed by atoms with Crippen molar-refractivity contribution in [1.82, 2.24) is 26.6 Å². The molecule has 32 heteroatoms. The summed E-state index contributed by atoms with van der Waals surface area (Å²) in [5.74, 6) is -4.00. The van der Waals surface area contributed by atoms with Crippen molar-refractivity contribution in [2.45, 2.75) is 190 Å². The van der Waals surface area contributed by atoms with Crippen molar-refractivity contribution in [2.75, 3.05) is 158 Å². The first-order valence-electron chi connectivity index (χ1n) is 35.2. The van der Waals surface area contributed by atoms with E-state index in [1.54, 1.807) is 0 Å². The van der Waals surface area contributed by atoms with Gasteiger partial charge >= 0.3 is 23.9 Å². The molecule has 5 N–H and O–H groups in total. The first-order valence-corrected chi connectivity index (χ1v) is 35.2. The van der Waals surface area contributed by atoms with Gasteiger partial charge in [0.15, 0.2) is 18.9 Å². The maximum atomic E-state index is 13.7. The Morgan fingerprint density at radius 1 is 0.370 bits per heavy atom. The number of carbonyl (C=O) groups excluding carboxylic acids is 9. The third-order valence-electron chi connectivity index (χ3n) is 17.2. The lowest BCUT2D eigenvalue weighted by Crippen LogP contribution is -2.59. The second-order valence-electron chi connectivity index (χ2n) is 25.4. The molecule has 0 aromatic heterocycles. The first-order chi connectivity index (χ1) is 47.8. The molecule has 0 bridgehead atoms. The molecule has 15 atom stereocenters. The molecule has 3 aliphatic rings. The van der Waals surface area contributed by atoms with Gasteiger partial charge in [-0.25, -0.2) is 0 Å². The zero-order chi connectivity index (χ0) is 73.8. The number of nitrogens with one attached hydrogen (secondary N) is 5. The largest absolute Gasteiger partial charge is 0.463 e. The normalized spacial score (nSPS) is 25.2. The van der Waals surface area contributed by atoms with Crippen molar-refractivity contribution in [3.8, 4) is 0 Å². The Morgan fingerprint density at radius 3 is 1.11 bits per heavy atom. The fourth-order valence-electron chi connectivity index (χ4n) is 11.2. The molecular weight excluding hydrogens is 1320 g/mol. The van der Waals surface area contributed by atoms with Crippen molar-refractivity contribution in [2.24, 2.45) is 35.5 Å². The molecule has 578 valence electrons. The molecule has 32 nitrogen and oxygen atoms in total. The molecule has 0 radical (unpaired) electrons. The van der Waals surface area contributed by atoms with Gasteiger partial charge < -0.3 is 112 Å². The fraction of sp³-hybridized carbons (Fsp3) is 0.868. The van der Waals surface area contributed by atoms with E-state index in [2.05, 4.69) is 40.4 Å². The number of carbonyl (C=O) groups is 9. The summed E-state index contributed by atoms with van der Waals surface area (Å²) < 4.78 is 104. The quantitative estimate of drug-likeness (QED) is 0.0331. The minimum absolute atomic E-state index is 0.0186. The third kappa shape index (κ3) is 36.2. The molecule has 3 saturated heterocycles. The predicted molar refractivity (Wildman–Crippen MR) is 356 cm³/mol. The van der Waals surface area contributed by atoms with E-state index in [1.807, 2.05) is 41.5 Å². The fourth-order valence-corrected chi connectivity index (χ4v) is 11.2. The summed E-state index contributed by atoms with van der Waals surface area (Å²) in [7, 11) is 0. The van der Waals surface area contributed by atoms with E-state index in [4.69, 9.17) is 85.3 Å². The average Bonchev–Trinajstić information content (AvgIpc) is 1.14. The van der Waals surface area contributed by atoms with Crippen LogP contribution in [-0.2, 0) is 128 Å². The highest BCUT2D eigenvalue weighted by Gasteiger charge is 2.47. The van der Waals surface area contributed by atoms with Gasteiger partial charge in [-0.05, 0) is 24.7 Å². The van der Waals surface area contributed by atoms with Gasteiger partial charge in [-0.3, -0.25) is 43.2 Å². The summed E-state index contributed by atoms with van der Waals surface area (Å²) in [6.07, 6.45) is -3.44. The molecule has 0 aliphatic carbocycles. The number of hydrogen-bond donors (Lipinski definition) is 5. The van der Waals surface area contributed by atoms with Gasteiger partial charge in [0, 0.05) is 110 Å². The van der Waals surface area contributed by atoms with Crippen LogP contribution in [0.3, 0.4) is 0 Å². The zero-order valence-corrected chi connectivity index (χ0v) is 61.4. The van der Waals surface area contributed by atoms with Crippen LogP contribution in [0, 0.1) is 35.5 Å². The molecule has 0 spiro atoms. The Bertz CT molecular complexity index is 2280. The van der Waals surface area contributed by atoms with Crippen LogP contribution in [-0.4, -0.2) is 273 Å². The summed E-state index contributed by atoms with van der Waals surface area (Å²) in [5.41, 5.74) is -1.40. The first kappa shape index (κ1) is 88.9. The van der Waals surface area contributed by atoms with Crippen molar-refractivity contribution >= 4 is 53.4 Å². The van der Waals surface area contributed by atoms with Crippen LogP contribution in [0.5, 0.6) is 0 Å². The van der Waals surface area contributed by atoms with Gasteiger partial charge in [-0.2, -0.15) is 0 Å². The minimum atomic E-state index is -1.40. The number of ether oxygens (including phenoxy) is 18. The van der Waals surface area contributed by atoms with Crippen molar-refractivity contribution in [1.29, 1.82) is 0 Å². The molecule has 100 heavy (non-hydrogen) atoms. The highest BCUT2D eigenvalue weighted by molar-refractivity contribution is 5.78. The monoisotopic (exact) mass is 1440 g/mol. The number of esters is 4. The summed E-state index contributed by atoms with van der Waals surface area (Å²) in [6, 6.07) is -0.320. The van der Waals surface area contributed by atoms with E-state index >= 15 is 0 Å². The topological polar surface area (TPSA) is 380 Å². The van der Waals surface area contributed by atoms with Gasteiger partial charge in [-0.1, -0.05) is 55.4 Å². The van der Waals surface area contributed by atoms with Crippen molar-refractivity contribution in [3.05, 3.63) is 0 Å². The van der Waals surface area contributed by atoms with Crippen LogP contribution in [0.2, 0.25) is 0 Å². The van der Waals surface area contributed by atoms with E-state index in [0.717, 1.165) is 12.8 Å². The lowest BCUT2D eigenvalue weighted by atomic mass is 9.81. The Hall–Kier alpha value is -5.33. The number of hydrogen-bond acceptors (Lipinski definition) is 27. The molecule has 0 aromatic rings. The molecule has 3 rings (SSSR count). The van der Waals surface area contributed by atoms with Crippen LogP contribution in [0.4, 0.5) is 0 Å². The maximum absolute atomic E-state index is 13.7. The van der Waals surface area contributed by atoms with E-state index < -0.39 is 78.6 Å². The minimum Gasteiger partial charge on any atom is -0.463 e.